The summed E-state index contributed by atoms with van der Waals surface area (Å²) in [6.45, 7) is 0.674. The van der Waals surface area contributed by atoms with E-state index in [-0.39, 0.29) is 19.3 Å². The van der Waals surface area contributed by atoms with Crippen LogP contribution in [0.25, 0.3) is 0 Å². The van der Waals surface area contributed by atoms with Crippen LogP contribution >= 0.6 is 0 Å². The molecular weight excluding hydrogens is 482 g/mol. The number of para-hydroxylation sites is 1. The lowest BCUT2D eigenvalue weighted by Crippen LogP contribution is -2.45. The minimum Gasteiger partial charge on any atom is -0.489 e. The highest BCUT2D eigenvalue weighted by molar-refractivity contribution is 5.81. The van der Waals surface area contributed by atoms with Gasteiger partial charge in [-0.25, -0.2) is 9.59 Å². The third kappa shape index (κ3) is 8.08. The molecule has 0 aromatic heterocycles. The van der Waals surface area contributed by atoms with E-state index in [1.807, 2.05) is 60.7 Å². The van der Waals surface area contributed by atoms with E-state index in [2.05, 4.69) is 29.6 Å². The standard InChI is InChI=1S/C31H35NO6/c1-35-30(33)28(32-31(34)38-21-24-12-6-3-7-13-24)22-36-26-18-16-25(17-19-26)27-14-8-9-15-29(27)37-20-23-10-4-2-5-11-23/h2-15,25-26,28H,16-22H2,1H3,(H,32,34)/t25?,26?,28-/m0/s1. The van der Waals surface area contributed by atoms with Crippen LogP contribution in [-0.2, 0) is 32.2 Å². The highest BCUT2D eigenvalue weighted by Gasteiger charge is 2.28. The summed E-state index contributed by atoms with van der Waals surface area (Å²) < 4.78 is 22.3. The molecule has 0 radical (unpaired) electrons. The van der Waals surface area contributed by atoms with Gasteiger partial charge in [0, 0.05) is 0 Å². The molecule has 38 heavy (non-hydrogen) atoms. The summed E-state index contributed by atoms with van der Waals surface area (Å²) in [4.78, 5) is 24.5. The van der Waals surface area contributed by atoms with Crippen molar-refractivity contribution >= 4 is 12.1 Å². The van der Waals surface area contributed by atoms with Crippen molar-refractivity contribution in [1.29, 1.82) is 0 Å². The lowest BCUT2D eigenvalue weighted by molar-refractivity contribution is -0.145. The molecule has 0 saturated heterocycles. The van der Waals surface area contributed by atoms with Gasteiger partial charge < -0.3 is 24.3 Å². The van der Waals surface area contributed by atoms with Gasteiger partial charge in [0.25, 0.3) is 0 Å². The maximum atomic E-state index is 12.3. The van der Waals surface area contributed by atoms with Crippen molar-refractivity contribution in [1.82, 2.24) is 5.32 Å². The summed E-state index contributed by atoms with van der Waals surface area (Å²) in [5.74, 6) is 0.730. The van der Waals surface area contributed by atoms with Gasteiger partial charge in [-0.3, -0.25) is 0 Å². The number of amides is 1. The second kappa shape index (κ2) is 14.2. The number of esters is 1. The number of nitrogens with one attached hydrogen (secondary N) is 1. The number of methoxy groups -OCH3 is 1. The molecule has 0 unspecified atom stereocenters. The SMILES string of the molecule is COC(=O)[C@H](COC1CCC(c2ccccc2OCc2ccccc2)CC1)NC(=O)OCc1ccccc1. The van der Waals surface area contributed by atoms with Gasteiger partial charge in [-0.05, 0) is 54.4 Å². The first-order valence-corrected chi connectivity index (χ1v) is 13.0. The summed E-state index contributed by atoms with van der Waals surface area (Å²) in [6, 6.07) is 26.8. The van der Waals surface area contributed by atoms with Crippen molar-refractivity contribution in [3.63, 3.8) is 0 Å². The van der Waals surface area contributed by atoms with Crippen LogP contribution in [0.4, 0.5) is 4.79 Å². The highest BCUT2D eigenvalue weighted by Crippen LogP contribution is 2.38. The summed E-state index contributed by atoms with van der Waals surface area (Å²) >= 11 is 0. The monoisotopic (exact) mass is 517 g/mol. The van der Waals surface area contributed by atoms with Crippen LogP contribution in [0.15, 0.2) is 84.9 Å². The Hall–Kier alpha value is -3.84. The number of carbonyl (C=O) groups excluding carboxylic acids is 2. The zero-order chi connectivity index (χ0) is 26.6. The van der Waals surface area contributed by atoms with E-state index in [0.717, 1.165) is 42.6 Å². The van der Waals surface area contributed by atoms with Gasteiger partial charge in [0.15, 0.2) is 6.04 Å². The Labute approximate surface area is 224 Å². The van der Waals surface area contributed by atoms with Gasteiger partial charge in [0.2, 0.25) is 0 Å². The van der Waals surface area contributed by atoms with E-state index in [4.69, 9.17) is 18.9 Å². The Balaban J connectivity index is 1.25. The van der Waals surface area contributed by atoms with Crippen molar-refractivity contribution in [2.45, 2.75) is 57.0 Å². The lowest BCUT2D eigenvalue weighted by atomic mass is 9.82. The smallest absolute Gasteiger partial charge is 0.408 e. The van der Waals surface area contributed by atoms with Crippen molar-refractivity contribution < 1.29 is 28.5 Å². The molecule has 1 N–H and O–H groups in total. The number of alkyl carbamates (subject to hydrolysis) is 1. The molecule has 1 saturated carbocycles. The topological polar surface area (TPSA) is 83.1 Å². The largest absolute Gasteiger partial charge is 0.489 e. The van der Waals surface area contributed by atoms with Crippen molar-refractivity contribution in [3.8, 4) is 5.75 Å². The summed E-state index contributed by atoms with van der Waals surface area (Å²) in [7, 11) is 1.29. The fourth-order valence-electron chi connectivity index (χ4n) is 4.68. The predicted molar refractivity (Wildman–Crippen MR) is 144 cm³/mol. The van der Waals surface area contributed by atoms with Gasteiger partial charge in [-0.1, -0.05) is 78.9 Å². The van der Waals surface area contributed by atoms with Crippen molar-refractivity contribution in [3.05, 3.63) is 102 Å². The predicted octanol–water partition coefficient (Wildman–Crippen LogP) is 5.78. The lowest BCUT2D eigenvalue weighted by Gasteiger charge is -2.30. The fraction of sp³-hybridized carbons (Fsp3) is 0.355. The maximum absolute atomic E-state index is 12.3. The zero-order valence-electron chi connectivity index (χ0n) is 21.7. The summed E-state index contributed by atoms with van der Waals surface area (Å²) in [5, 5.41) is 2.57. The summed E-state index contributed by atoms with van der Waals surface area (Å²) in [6.07, 6.45) is 2.91. The second-order valence-electron chi connectivity index (χ2n) is 9.40. The highest BCUT2D eigenvalue weighted by atomic mass is 16.6. The van der Waals surface area contributed by atoms with Gasteiger partial charge in [-0.2, -0.15) is 0 Å². The van der Waals surface area contributed by atoms with Gasteiger partial charge in [0.05, 0.1) is 19.8 Å². The van der Waals surface area contributed by atoms with E-state index < -0.39 is 18.1 Å². The van der Waals surface area contributed by atoms with Gasteiger partial charge in [0.1, 0.15) is 19.0 Å². The Morgan fingerprint density at radius 2 is 1.42 bits per heavy atom. The number of hydrogen-bond acceptors (Lipinski definition) is 6. The van der Waals surface area contributed by atoms with E-state index in [9.17, 15) is 9.59 Å². The van der Waals surface area contributed by atoms with Crippen molar-refractivity contribution in [2.24, 2.45) is 0 Å². The molecule has 200 valence electrons. The van der Waals surface area contributed by atoms with Crippen LogP contribution in [-0.4, -0.2) is 37.9 Å². The third-order valence-electron chi connectivity index (χ3n) is 6.76. The fourth-order valence-corrected chi connectivity index (χ4v) is 4.68. The quantitative estimate of drug-likeness (QED) is 0.325. The average molecular weight is 518 g/mol. The van der Waals surface area contributed by atoms with Crippen LogP contribution in [0.1, 0.15) is 48.3 Å². The number of rotatable bonds is 11. The molecular formula is C31H35NO6. The second-order valence-corrected chi connectivity index (χ2v) is 9.40. The number of ether oxygens (including phenoxy) is 4. The molecule has 1 amide bonds. The maximum Gasteiger partial charge on any atom is 0.408 e. The number of hydrogen-bond donors (Lipinski definition) is 1. The molecule has 1 atom stereocenters. The Kier molecular flexibility index (Phi) is 10.2. The molecule has 4 rings (SSSR count). The van der Waals surface area contributed by atoms with Crippen LogP contribution in [0.3, 0.4) is 0 Å². The van der Waals surface area contributed by atoms with E-state index >= 15 is 0 Å². The molecule has 3 aromatic rings. The number of carbonyl (C=O) groups is 2. The summed E-state index contributed by atoms with van der Waals surface area (Å²) in [5.41, 5.74) is 3.21. The first-order valence-electron chi connectivity index (χ1n) is 13.0. The molecule has 7 nitrogen and oxygen atoms in total. The minimum absolute atomic E-state index is 0.00190. The minimum atomic E-state index is -0.937. The number of benzene rings is 3. The Morgan fingerprint density at radius 3 is 2.08 bits per heavy atom. The molecule has 3 aromatic carbocycles. The normalized spacial score (nSPS) is 17.7. The van der Waals surface area contributed by atoms with Crippen LogP contribution < -0.4 is 10.1 Å². The Morgan fingerprint density at radius 1 is 0.816 bits per heavy atom. The third-order valence-corrected chi connectivity index (χ3v) is 6.76. The first-order chi connectivity index (χ1) is 18.6. The molecule has 7 heteroatoms. The van der Waals surface area contributed by atoms with Gasteiger partial charge >= 0.3 is 12.1 Å². The molecule has 0 spiro atoms. The molecule has 1 fully saturated rings. The molecule has 1 aliphatic rings. The molecule has 0 bridgehead atoms. The Bertz CT molecular complexity index is 1150. The van der Waals surface area contributed by atoms with E-state index in [0.29, 0.717) is 12.5 Å². The van der Waals surface area contributed by atoms with E-state index in [1.165, 1.54) is 12.7 Å². The average Bonchev–Trinajstić information content (AvgIpc) is 2.98. The van der Waals surface area contributed by atoms with Crippen LogP contribution in [0.5, 0.6) is 5.75 Å². The first kappa shape index (κ1) is 27.2. The molecule has 0 heterocycles. The van der Waals surface area contributed by atoms with Crippen molar-refractivity contribution in [2.75, 3.05) is 13.7 Å². The molecule has 0 aliphatic heterocycles. The van der Waals surface area contributed by atoms with E-state index in [1.54, 1.807) is 0 Å². The molecule has 1 aliphatic carbocycles. The van der Waals surface area contributed by atoms with Crippen LogP contribution in [0, 0.1) is 0 Å². The van der Waals surface area contributed by atoms with Gasteiger partial charge in [-0.15, -0.1) is 0 Å². The zero-order valence-corrected chi connectivity index (χ0v) is 21.7. The van der Waals surface area contributed by atoms with Crippen LogP contribution in [0.2, 0.25) is 0 Å².